The predicted octanol–water partition coefficient (Wildman–Crippen LogP) is 2.67. The maximum Gasteiger partial charge on any atom is 0.308 e. The number of hydrogen-bond acceptors (Lipinski definition) is 5. The number of hydrogen-bond donors (Lipinski definition) is 1. The van der Waals surface area contributed by atoms with Gasteiger partial charge in [-0.05, 0) is 38.5 Å². The highest BCUT2D eigenvalue weighted by molar-refractivity contribution is 5.85. The first-order valence-electron chi connectivity index (χ1n) is 8.27. The molecule has 0 amide bonds. The summed E-state index contributed by atoms with van der Waals surface area (Å²) >= 11 is 0. The van der Waals surface area contributed by atoms with Gasteiger partial charge in [0, 0.05) is 37.2 Å². The summed E-state index contributed by atoms with van der Waals surface area (Å²) in [5, 5.41) is 20.4. The van der Waals surface area contributed by atoms with Crippen LogP contribution in [0.1, 0.15) is 18.4 Å². The Labute approximate surface area is 165 Å². The summed E-state index contributed by atoms with van der Waals surface area (Å²) in [6, 6.07) is 6.53. The molecule has 1 aromatic carbocycles. The maximum atomic E-state index is 11.8. The van der Waals surface area contributed by atoms with Crippen LogP contribution in [0.5, 0.6) is 0 Å². The Hall–Kier alpha value is -1.41. The van der Waals surface area contributed by atoms with Crippen LogP contribution < -0.4 is 0 Å². The number of carboxylic acids is 1. The first-order chi connectivity index (χ1) is 11.4. The molecular weight excluding hydrogens is 381 g/mol. The van der Waals surface area contributed by atoms with Crippen molar-refractivity contribution >= 4 is 36.5 Å². The van der Waals surface area contributed by atoms with E-state index in [9.17, 15) is 20.0 Å². The van der Waals surface area contributed by atoms with Gasteiger partial charge in [-0.25, -0.2) is 0 Å². The van der Waals surface area contributed by atoms with E-state index in [4.69, 9.17) is 0 Å². The molecule has 2 aliphatic heterocycles. The molecule has 0 aliphatic carbocycles. The number of benzene rings is 1. The molecule has 0 bridgehead atoms. The van der Waals surface area contributed by atoms with Gasteiger partial charge in [-0.3, -0.25) is 19.8 Å². The van der Waals surface area contributed by atoms with E-state index in [-0.39, 0.29) is 41.8 Å². The third-order valence-corrected chi connectivity index (χ3v) is 5.55. The molecule has 146 valence electrons. The van der Waals surface area contributed by atoms with Gasteiger partial charge in [0.1, 0.15) is 0 Å². The molecule has 1 atom stereocenters. The van der Waals surface area contributed by atoms with E-state index in [2.05, 4.69) is 16.8 Å². The first-order valence-corrected chi connectivity index (χ1v) is 8.27. The van der Waals surface area contributed by atoms with E-state index in [1.54, 1.807) is 12.1 Å². The van der Waals surface area contributed by atoms with Crippen LogP contribution in [0.3, 0.4) is 0 Å². The molecule has 2 saturated heterocycles. The second kappa shape index (κ2) is 8.99. The Morgan fingerprint density at radius 1 is 1.27 bits per heavy atom. The van der Waals surface area contributed by atoms with Gasteiger partial charge in [0.25, 0.3) is 5.69 Å². The van der Waals surface area contributed by atoms with Gasteiger partial charge in [-0.1, -0.05) is 12.1 Å². The number of likely N-dealkylation sites (tertiary alicyclic amines) is 2. The molecule has 26 heavy (non-hydrogen) atoms. The summed E-state index contributed by atoms with van der Waals surface area (Å²) < 4.78 is 0. The van der Waals surface area contributed by atoms with E-state index in [1.165, 1.54) is 12.1 Å². The summed E-state index contributed by atoms with van der Waals surface area (Å²) in [5.74, 6) is -1.03. The Balaban J connectivity index is 0.00000169. The number of piperidine rings is 1. The molecule has 2 heterocycles. The number of aliphatic carboxylic acids is 1. The number of nitro groups is 1. The SMILES string of the molecule is CN1CCC2(CC1)CN(Cc1ccc([N+](=O)[O-])cc1)CC2C(=O)O.Cl.Cl. The fourth-order valence-corrected chi connectivity index (χ4v) is 4.08. The monoisotopic (exact) mass is 405 g/mol. The quantitative estimate of drug-likeness (QED) is 0.611. The highest BCUT2D eigenvalue weighted by atomic mass is 35.5. The minimum atomic E-state index is -0.703. The highest BCUT2D eigenvalue weighted by Crippen LogP contribution is 2.45. The van der Waals surface area contributed by atoms with E-state index in [0.717, 1.165) is 38.0 Å². The van der Waals surface area contributed by atoms with Crippen LogP contribution in [0.15, 0.2) is 24.3 Å². The standard InChI is InChI=1S/C17H23N3O4.2ClH/c1-18-8-6-17(7-9-18)12-19(11-15(17)16(21)22)10-13-2-4-14(5-3-13)20(23)24;;/h2-5,15H,6-12H2,1H3,(H,21,22);2*1H. The van der Waals surface area contributed by atoms with Gasteiger partial charge >= 0.3 is 5.97 Å². The van der Waals surface area contributed by atoms with Gasteiger partial charge < -0.3 is 10.0 Å². The lowest BCUT2D eigenvalue weighted by atomic mass is 9.71. The molecule has 1 spiro atoms. The molecule has 2 fully saturated rings. The van der Waals surface area contributed by atoms with Gasteiger partial charge in [0.2, 0.25) is 0 Å². The molecule has 1 N–H and O–H groups in total. The average Bonchev–Trinajstić information content (AvgIpc) is 2.89. The van der Waals surface area contributed by atoms with Crippen molar-refractivity contribution < 1.29 is 14.8 Å². The van der Waals surface area contributed by atoms with Crippen molar-refractivity contribution in [1.82, 2.24) is 9.80 Å². The number of halogens is 2. The summed E-state index contributed by atoms with van der Waals surface area (Å²) in [7, 11) is 2.08. The number of nitrogens with zero attached hydrogens (tertiary/aromatic N) is 3. The van der Waals surface area contributed by atoms with Crippen LogP contribution >= 0.6 is 24.8 Å². The molecule has 3 rings (SSSR count). The van der Waals surface area contributed by atoms with Crippen LogP contribution in [-0.2, 0) is 11.3 Å². The van der Waals surface area contributed by atoms with Crippen molar-refractivity contribution in [2.24, 2.45) is 11.3 Å². The molecule has 0 radical (unpaired) electrons. The van der Waals surface area contributed by atoms with E-state index >= 15 is 0 Å². The fraction of sp³-hybridized carbons (Fsp3) is 0.588. The molecular formula is C17H25Cl2N3O4. The zero-order valence-corrected chi connectivity index (χ0v) is 16.3. The third kappa shape index (κ3) is 4.65. The normalized spacial score (nSPS) is 22.4. The summed E-state index contributed by atoms with van der Waals surface area (Å²) in [4.78, 5) is 26.5. The second-order valence-electron chi connectivity index (χ2n) is 7.15. The summed E-state index contributed by atoms with van der Waals surface area (Å²) in [6.45, 7) is 3.86. The van der Waals surface area contributed by atoms with E-state index in [1.807, 2.05) is 0 Å². The van der Waals surface area contributed by atoms with Gasteiger partial charge in [-0.2, -0.15) is 0 Å². The third-order valence-electron chi connectivity index (χ3n) is 5.55. The smallest absolute Gasteiger partial charge is 0.308 e. The Bertz CT molecular complexity index is 633. The predicted molar refractivity (Wildman–Crippen MR) is 103 cm³/mol. The first kappa shape index (κ1) is 22.6. The van der Waals surface area contributed by atoms with Crippen LogP contribution in [0, 0.1) is 21.4 Å². The summed E-state index contributed by atoms with van der Waals surface area (Å²) in [5.41, 5.74) is 0.921. The number of non-ortho nitro benzene ring substituents is 1. The van der Waals surface area contributed by atoms with Crippen LogP contribution in [0.2, 0.25) is 0 Å². The minimum Gasteiger partial charge on any atom is -0.481 e. The lowest BCUT2D eigenvalue weighted by molar-refractivity contribution is -0.384. The Kier molecular flexibility index (Phi) is 7.83. The lowest BCUT2D eigenvalue weighted by Crippen LogP contribution is -2.44. The Morgan fingerprint density at radius 3 is 2.35 bits per heavy atom. The number of carbonyl (C=O) groups is 1. The molecule has 0 saturated carbocycles. The largest absolute Gasteiger partial charge is 0.481 e. The van der Waals surface area contributed by atoms with Gasteiger partial charge in [0.15, 0.2) is 0 Å². The number of carboxylic acid groups (broad SMARTS) is 1. The zero-order valence-electron chi connectivity index (χ0n) is 14.7. The van der Waals surface area contributed by atoms with Crippen LogP contribution in [0.25, 0.3) is 0 Å². The number of nitro benzene ring substituents is 1. The van der Waals surface area contributed by atoms with Crippen molar-refractivity contribution in [2.75, 3.05) is 33.2 Å². The van der Waals surface area contributed by atoms with Gasteiger partial charge in [0.05, 0.1) is 10.8 Å². The minimum absolute atomic E-state index is 0. The molecule has 9 heteroatoms. The number of rotatable bonds is 4. The van der Waals surface area contributed by atoms with Crippen molar-refractivity contribution in [3.05, 3.63) is 39.9 Å². The van der Waals surface area contributed by atoms with Crippen LogP contribution in [-0.4, -0.2) is 59.0 Å². The van der Waals surface area contributed by atoms with E-state index < -0.39 is 10.9 Å². The summed E-state index contributed by atoms with van der Waals surface area (Å²) in [6.07, 6.45) is 1.83. The van der Waals surface area contributed by atoms with Crippen molar-refractivity contribution in [3.63, 3.8) is 0 Å². The maximum absolute atomic E-state index is 11.8. The lowest BCUT2D eigenvalue weighted by Gasteiger charge is -2.40. The topological polar surface area (TPSA) is 86.9 Å². The fourth-order valence-electron chi connectivity index (χ4n) is 4.08. The average molecular weight is 406 g/mol. The zero-order chi connectivity index (χ0) is 17.3. The second-order valence-corrected chi connectivity index (χ2v) is 7.15. The van der Waals surface area contributed by atoms with Crippen molar-refractivity contribution in [1.29, 1.82) is 0 Å². The van der Waals surface area contributed by atoms with Crippen molar-refractivity contribution in [3.8, 4) is 0 Å². The van der Waals surface area contributed by atoms with E-state index in [0.29, 0.717) is 13.1 Å². The molecule has 1 unspecified atom stereocenters. The van der Waals surface area contributed by atoms with Gasteiger partial charge in [-0.15, -0.1) is 24.8 Å². The van der Waals surface area contributed by atoms with Crippen molar-refractivity contribution in [2.45, 2.75) is 19.4 Å². The molecule has 2 aliphatic rings. The molecule has 7 nitrogen and oxygen atoms in total. The Morgan fingerprint density at radius 2 is 1.85 bits per heavy atom. The van der Waals surface area contributed by atoms with Crippen LogP contribution in [0.4, 0.5) is 5.69 Å². The highest BCUT2D eigenvalue weighted by Gasteiger charge is 2.50. The molecule has 1 aromatic rings. The molecule has 0 aromatic heterocycles.